The van der Waals surface area contributed by atoms with Gasteiger partial charge in [0, 0.05) is 11.6 Å². The van der Waals surface area contributed by atoms with Gasteiger partial charge in [0.25, 0.3) is 5.91 Å². The quantitative estimate of drug-likeness (QED) is 0.888. The first-order chi connectivity index (χ1) is 9.50. The van der Waals surface area contributed by atoms with Gasteiger partial charge in [0.1, 0.15) is 5.75 Å². The average molecular weight is 275 g/mol. The fourth-order valence-corrected chi connectivity index (χ4v) is 2.78. The lowest BCUT2D eigenvalue weighted by atomic mass is 9.92. The Balaban J connectivity index is 1.95. The van der Waals surface area contributed by atoms with Crippen LogP contribution >= 0.6 is 0 Å². The molecule has 1 aromatic carbocycles. The summed E-state index contributed by atoms with van der Waals surface area (Å²) < 4.78 is 5.57. The van der Waals surface area contributed by atoms with Crippen molar-refractivity contribution in [2.45, 2.75) is 52.5 Å². The molecule has 1 unspecified atom stereocenters. The molecular formula is C17H25NO2. The summed E-state index contributed by atoms with van der Waals surface area (Å²) >= 11 is 0. The average Bonchev–Trinajstić information content (AvgIpc) is 2.76. The summed E-state index contributed by atoms with van der Waals surface area (Å²) in [6.07, 6.45) is 4.28. The molecule has 2 rings (SSSR count). The minimum atomic E-state index is 0.00893. The number of rotatable bonds is 5. The Hall–Kier alpha value is -1.51. The van der Waals surface area contributed by atoms with Crippen LogP contribution in [-0.2, 0) is 0 Å². The Morgan fingerprint density at radius 3 is 2.90 bits per heavy atom. The van der Waals surface area contributed by atoms with Gasteiger partial charge in [-0.05, 0) is 49.3 Å². The highest BCUT2D eigenvalue weighted by Gasteiger charge is 2.31. The highest BCUT2D eigenvalue weighted by Crippen LogP contribution is 2.37. The number of carbonyl (C=O) groups excluding carboxylic acids is 1. The first-order valence-electron chi connectivity index (χ1n) is 7.54. The van der Waals surface area contributed by atoms with Gasteiger partial charge in [0.15, 0.2) is 0 Å². The number of nitrogens with one attached hydrogen (secondary N) is 1. The molecule has 3 nitrogen and oxygen atoms in total. The summed E-state index contributed by atoms with van der Waals surface area (Å²) in [5.74, 6) is 0.779. The molecule has 0 radical (unpaired) electrons. The Kier molecular flexibility index (Phi) is 4.69. The number of hydrogen-bond donors (Lipinski definition) is 1. The Labute approximate surface area is 121 Å². The van der Waals surface area contributed by atoms with Crippen molar-refractivity contribution in [2.24, 2.45) is 5.41 Å². The molecule has 1 aliphatic rings. The maximum atomic E-state index is 12.3. The molecule has 0 spiro atoms. The molecule has 0 heterocycles. The van der Waals surface area contributed by atoms with E-state index in [1.165, 1.54) is 6.42 Å². The standard InChI is InChI=1S/C17H25NO2/c1-4-10-20-15-7-5-6-13(11-15)16(19)18-14-8-9-17(2,3)12-14/h5-7,11,14H,4,8-10,12H2,1-3H3,(H,18,19). The van der Waals surface area contributed by atoms with Gasteiger partial charge in [0.05, 0.1) is 6.61 Å². The first-order valence-corrected chi connectivity index (χ1v) is 7.54. The Morgan fingerprint density at radius 1 is 1.45 bits per heavy atom. The zero-order chi connectivity index (χ0) is 14.6. The van der Waals surface area contributed by atoms with Crippen LogP contribution in [0.5, 0.6) is 5.75 Å². The Bertz CT molecular complexity index is 468. The summed E-state index contributed by atoms with van der Waals surface area (Å²) in [5.41, 5.74) is 1.03. The molecule has 0 aliphatic heterocycles. The van der Waals surface area contributed by atoms with E-state index in [-0.39, 0.29) is 5.91 Å². The molecule has 1 saturated carbocycles. The van der Waals surface area contributed by atoms with Crippen molar-refractivity contribution in [3.8, 4) is 5.75 Å². The molecule has 1 amide bonds. The zero-order valence-electron chi connectivity index (χ0n) is 12.7. The number of carbonyl (C=O) groups is 1. The van der Waals surface area contributed by atoms with Gasteiger partial charge in [-0.15, -0.1) is 0 Å². The van der Waals surface area contributed by atoms with Crippen molar-refractivity contribution in [3.63, 3.8) is 0 Å². The number of benzene rings is 1. The molecule has 3 heteroatoms. The van der Waals surface area contributed by atoms with Crippen LogP contribution in [0.1, 0.15) is 56.8 Å². The van der Waals surface area contributed by atoms with Crippen LogP contribution in [0.15, 0.2) is 24.3 Å². The van der Waals surface area contributed by atoms with Gasteiger partial charge in [-0.2, -0.15) is 0 Å². The fraction of sp³-hybridized carbons (Fsp3) is 0.588. The van der Waals surface area contributed by atoms with E-state index in [1.807, 2.05) is 24.3 Å². The molecule has 1 aliphatic carbocycles. The summed E-state index contributed by atoms with van der Waals surface area (Å²) in [7, 11) is 0. The summed E-state index contributed by atoms with van der Waals surface area (Å²) in [5, 5.41) is 3.14. The van der Waals surface area contributed by atoms with E-state index >= 15 is 0 Å². The van der Waals surface area contributed by atoms with E-state index in [9.17, 15) is 4.79 Å². The van der Waals surface area contributed by atoms with Crippen LogP contribution in [-0.4, -0.2) is 18.6 Å². The lowest BCUT2D eigenvalue weighted by Gasteiger charge is -2.18. The molecule has 1 N–H and O–H groups in total. The maximum Gasteiger partial charge on any atom is 0.251 e. The van der Waals surface area contributed by atoms with Crippen molar-refractivity contribution in [1.82, 2.24) is 5.32 Å². The van der Waals surface area contributed by atoms with Gasteiger partial charge in [0.2, 0.25) is 0 Å². The monoisotopic (exact) mass is 275 g/mol. The smallest absolute Gasteiger partial charge is 0.251 e. The van der Waals surface area contributed by atoms with Crippen molar-refractivity contribution in [1.29, 1.82) is 0 Å². The van der Waals surface area contributed by atoms with Gasteiger partial charge < -0.3 is 10.1 Å². The van der Waals surface area contributed by atoms with E-state index in [1.54, 1.807) is 0 Å². The third-order valence-electron chi connectivity index (χ3n) is 3.87. The molecule has 20 heavy (non-hydrogen) atoms. The molecule has 0 bridgehead atoms. The lowest BCUT2D eigenvalue weighted by Crippen LogP contribution is -2.33. The second kappa shape index (κ2) is 6.29. The predicted molar refractivity (Wildman–Crippen MR) is 81.1 cm³/mol. The third-order valence-corrected chi connectivity index (χ3v) is 3.87. The molecule has 0 aromatic heterocycles. The third kappa shape index (κ3) is 3.99. The molecule has 1 aromatic rings. The lowest BCUT2D eigenvalue weighted by molar-refractivity contribution is 0.0935. The molecule has 1 atom stereocenters. The van der Waals surface area contributed by atoms with E-state index in [0.29, 0.717) is 23.6 Å². The van der Waals surface area contributed by atoms with Gasteiger partial charge >= 0.3 is 0 Å². The van der Waals surface area contributed by atoms with E-state index in [2.05, 4.69) is 26.1 Å². The van der Waals surface area contributed by atoms with Gasteiger partial charge in [-0.3, -0.25) is 4.79 Å². The minimum Gasteiger partial charge on any atom is -0.494 e. The van der Waals surface area contributed by atoms with Gasteiger partial charge in [-0.1, -0.05) is 26.8 Å². The van der Waals surface area contributed by atoms with Crippen LogP contribution in [0.3, 0.4) is 0 Å². The molecule has 110 valence electrons. The van der Waals surface area contributed by atoms with Crippen LogP contribution < -0.4 is 10.1 Å². The highest BCUT2D eigenvalue weighted by molar-refractivity contribution is 5.94. The zero-order valence-corrected chi connectivity index (χ0v) is 12.7. The maximum absolute atomic E-state index is 12.3. The van der Waals surface area contributed by atoms with E-state index in [0.717, 1.165) is 25.0 Å². The van der Waals surface area contributed by atoms with Crippen LogP contribution in [0.4, 0.5) is 0 Å². The largest absolute Gasteiger partial charge is 0.494 e. The van der Waals surface area contributed by atoms with E-state index in [4.69, 9.17) is 4.74 Å². The summed E-state index contributed by atoms with van der Waals surface area (Å²) in [4.78, 5) is 12.3. The van der Waals surface area contributed by atoms with Crippen molar-refractivity contribution in [2.75, 3.05) is 6.61 Å². The Morgan fingerprint density at radius 2 is 2.25 bits per heavy atom. The van der Waals surface area contributed by atoms with E-state index < -0.39 is 0 Å². The number of amides is 1. The summed E-state index contributed by atoms with van der Waals surface area (Å²) in [6, 6.07) is 7.74. The fourth-order valence-electron chi connectivity index (χ4n) is 2.78. The van der Waals surface area contributed by atoms with Crippen molar-refractivity contribution >= 4 is 5.91 Å². The predicted octanol–water partition coefficient (Wildman–Crippen LogP) is 3.78. The second-order valence-corrected chi connectivity index (χ2v) is 6.45. The van der Waals surface area contributed by atoms with Crippen molar-refractivity contribution < 1.29 is 9.53 Å². The first kappa shape index (κ1) is 14.9. The minimum absolute atomic E-state index is 0.00893. The molecule has 1 fully saturated rings. The van der Waals surface area contributed by atoms with Crippen LogP contribution in [0, 0.1) is 5.41 Å². The SMILES string of the molecule is CCCOc1cccc(C(=O)NC2CCC(C)(C)C2)c1. The van der Waals surface area contributed by atoms with Crippen LogP contribution in [0.2, 0.25) is 0 Å². The molecule has 0 saturated heterocycles. The highest BCUT2D eigenvalue weighted by atomic mass is 16.5. The molecular weight excluding hydrogens is 250 g/mol. The number of hydrogen-bond acceptors (Lipinski definition) is 2. The topological polar surface area (TPSA) is 38.3 Å². The number of ether oxygens (including phenoxy) is 1. The normalized spacial score (nSPS) is 20.6. The summed E-state index contributed by atoms with van der Waals surface area (Å²) in [6.45, 7) is 7.27. The van der Waals surface area contributed by atoms with Crippen LogP contribution in [0.25, 0.3) is 0 Å². The van der Waals surface area contributed by atoms with Crippen molar-refractivity contribution in [3.05, 3.63) is 29.8 Å². The van der Waals surface area contributed by atoms with Gasteiger partial charge in [-0.25, -0.2) is 0 Å². The second-order valence-electron chi connectivity index (χ2n) is 6.45.